The number of oxazole rings is 1. The molecule has 6 heteroatoms. The van der Waals surface area contributed by atoms with E-state index in [-0.39, 0.29) is 5.69 Å². The number of hydrogen-bond acceptors (Lipinski definition) is 5. The van der Waals surface area contributed by atoms with Gasteiger partial charge in [-0.1, -0.05) is 6.07 Å². The summed E-state index contributed by atoms with van der Waals surface area (Å²) >= 11 is 1.51. The van der Waals surface area contributed by atoms with Crippen molar-refractivity contribution in [2.24, 2.45) is 0 Å². The fraction of sp³-hybridized carbons (Fsp3) is 0. The zero-order chi connectivity index (χ0) is 11.8. The van der Waals surface area contributed by atoms with Gasteiger partial charge in [-0.3, -0.25) is 10.1 Å². The fourth-order valence-electron chi connectivity index (χ4n) is 1.53. The number of hydrogen-bond donors (Lipinski definition) is 0. The second-order valence-electron chi connectivity index (χ2n) is 3.41. The number of benzene rings is 1. The molecule has 17 heavy (non-hydrogen) atoms. The summed E-state index contributed by atoms with van der Waals surface area (Å²) in [7, 11) is 0. The predicted molar refractivity (Wildman–Crippen MR) is 64.0 cm³/mol. The van der Waals surface area contributed by atoms with Crippen molar-refractivity contribution in [2.75, 3.05) is 0 Å². The van der Waals surface area contributed by atoms with E-state index in [1.807, 2.05) is 17.5 Å². The van der Waals surface area contributed by atoms with E-state index < -0.39 is 4.92 Å². The smallest absolute Gasteiger partial charge is 0.273 e. The molecule has 2 aromatic heterocycles. The number of rotatable bonds is 2. The summed E-state index contributed by atoms with van der Waals surface area (Å²) in [6.07, 6.45) is 0. The quantitative estimate of drug-likeness (QED) is 0.512. The SMILES string of the molecule is O=[N+]([O-])c1ccc2nc(-c3cccs3)oc2c1. The lowest BCUT2D eigenvalue weighted by Crippen LogP contribution is -1.86. The van der Waals surface area contributed by atoms with Crippen LogP contribution in [0.2, 0.25) is 0 Å². The lowest BCUT2D eigenvalue weighted by Gasteiger charge is -1.88. The molecule has 0 amide bonds. The molecule has 1 aromatic carbocycles. The minimum atomic E-state index is -0.452. The second-order valence-corrected chi connectivity index (χ2v) is 4.35. The Kier molecular flexibility index (Phi) is 2.15. The summed E-state index contributed by atoms with van der Waals surface area (Å²) in [5.41, 5.74) is 1.06. The Labute approximate surface area is 99.5 Å². The van der Waals surface area contributed by atoms with Gasteiger partial charge < -0.3 is 4.42 Å². The van der Waals surface area contributed by atoms with E-state index in [9.17, 15) is 10.1 Å². The highest BCUT2D eigenvalue weighted by Crippen LogP contribution is 2.29. The number of fused-ring (bicyclic) bond motifs is 1. The van der Waals surface area contributed by atoms with E-state index >= 15 is 0 Å². The third-order valence-corrected chi connectivity index (χ3v) is 3.17. The van der Waals surface area contributed by atoms with Crippen molar-refractivity contribution in [3.8, 4) is 10.8 Å². The van der Waals surface area contributed by atoms with Crippen LogP contribution in [0.4, 0.5) is 5.69 Å². The summed E-state index contributed by atoms with van der Waals surface area (Å²) in [5.74, 6) is 0.496. The molecule has 5 nitrogen and oxygen atoms in total. The Bertz CT molecular complexity index is 688. The Morgan fingerprint density at radius 2 is 2.24 bits per heavy atom. The number of non-ortho nitro benzene ring substituents is 1. The number of aromatic nitrogens is 1. The molecule has 2 heterocycles. The molecule has 3 rings (SSSR count). The lowest BCUT2D eigenvalue weighted by molar-refractivity contribution is -0.384. The zero-order valence-corrected chi connectivity index (χ0v) is 9.31. The largest absolute Gasteiger partial charge is 0.435 e. The van der Waals surface area contributed by atoms with Gasteiger partial charge in [0.25, 0.3) is 5.69 Å². The maximum absolute atomic E-state index is 10.6. The molecular formula is C11H6N2O3S. The number of nitro groups is 1. The van der Waals surface area contributed by atoms with Crippen LogP contribution in [0, 0.1) is 10.1 Å². The van der Waals surface area contributed by atoms with Gasteiger partial charge in [-0.25, -0.2) is 4.98 Å². The molecule has 0 aliphatic rings. The standard InChI is InChI=1S/C11H6N2O3S/c14-13(15)7-3-4-8-9(6-7)16-11(12-8)10-2-1-5-17-10/h1-6H. The highest BCUT2D eigenvalue weighted by atomic mass is 32.1. The molecule has 0 saturated carbocycles. The van der Waals surface area contributed by atoms with Crippen LogP contribution in [0.15, 0.2) is 40.1 Å². The van der Waals surface area contributed by atoms with E-state index in [0.29, 0.717) is 17.0 Å². The third kappa shape index (κ3) is 1.68. The van der Waals surface area contributed by atoms with Crippen molar-refractivity contribution < 1.29 is 9.34 Å². The summed E-state index contributed by atoms with van der Waals surface area (Å²) < 4.78 is 5.50. The Morgan fingerprint density at radius 3 is 2.94 bits per heavy atom. The lowest BCUT2D eigenvalue weighted by atomic mass is 10.3. The molecule has 0 radical (unpaired) electrons. The molecule has 0 unspecified atom stereocenters. The number of thiophene rings is 1. The first kappa shape index (κ1) is 9.98. The Morgan fingerprint density at radius 1 is 1.35 bits per heavy atom. The summed E-state index contributed by atoms with van der Waals surface area (Å²) in [5, 5.41) is 12.5. The molecule has 0 spiro atoms. The summed E-state index contributed by atoms with van der Waals surface area (Å²) in [6.45, 7) is 0. The van der Waals surface area contributed by atoms with Gasteiger partial charge in [-0.15, -0.1) is 11.3 Å². The van der Waals surface area contributed by atoms with Crippen LogP contribution in [0.5, 0.6) is 0 Å². The van der Waals surface area contributed by atoms with Crippen molar-refractivity contribution >= 4 is 28.1 Å². The molecule has 0 fully saturated rings. The maximum atomic E-state index is 10.6. The minimum absolute atomic E-state index is 0.00591. The molecule has 0 N–H and O–H groups in total. The van der Waals surface area contributed by atoms with Crippen LogP contribution in [0.1, 0.15) is 0 Å². The normalized spacial score (nSPS) is 10.8. The first-order chi connectivity index (χ1) is 8.24. The molecule has 0 saturated heterocycles. The monoisotopic (exact) mass is 246 g/mol. The van der Waals surface area contributed by atoms with E-state index in [2.05, 4.69) is 4.98 Å². The third-order valence-electron chi connectivity index (χ3n) is 2.31. The highest BCUT2D eigenvalue weighted by Gasteiger charge is 2.12. The van der Waals surface area contributed by atoms with Gasteiger partial charge in [0.1, 0.15) is 5.52 Å². The molecule has 0 aliphatic carbocycles. The molecule has 0 atom stereocenters. The van der Waals surface area contributed by atoms with E-state index in [0.717, 1.165) is 4.88 Å². The maximum Gasteiger partial charge on any atom is 0.273 e. The van der Waals surface area contributed by atoms with E-state index in [1.165, 1.54) is 23.5 Å². The number of nitrogens with zero attached hydrogens (tertiary/aromatic N) is 2. The second kappa shape index (κ2) is 3.67. The van der Waals surface area contributed by atoms with Gasteiger partial charge in [0.05, 0.1) is 15.9 Å². The first-order valence-corrected chi connectivity index (χ1v) is 5.71. The fourth-order valence-corrected chi connectivity index (χ4v) is 2.18. The molecule has 0 aliphatic heterocycles. The van der Waals surface area contributed by atoms with Crippen LogP contribution in [0.3, 0.4) is 0 Å². The average molecular weight is 246 g/mol. The van der Waals surface area contributed by atoms with Crippen LogP contribution >= 0.6 is 11.3 Å². The van der Waals surface area contributed by atoms with Crippen LogP contribution in [-0.2, 0) is 0 Å². The predicted octanol–water partition coefficient (Wildman–Crippen LogP) is 3.46. The molecular weight excluding hydrogens is 240 g/mol. The van der Waals surface area contributed by atoms with Gasteiger partial charge in [0, 0.05) is 6.07 Å². The van der Waals surface area contributed by atoms with Gasteiger partial charge >= 0.3 is 0 Å². The van der Waals surface area contributed by atoms with Crippen LogP contribution in [0.25, 0.3) is 21.9 Å². The Hall–Kier alpha value is -2.21. The molecule has 3 aromatic rings. The Balaban J connectivity index is 2.16. The number of nitro benzene ring substituents is 1. The van der Waals surface area contributed by atoms with Gasteiger partial charge in [-0.2, -0.15) is 0 Å². The van der Waals surface area contributed by atoms with Crippen molar-refractivity contribution in [2.45, 2.75) is 0 Å². The van der Waals surface area contributed by atoms with Gasteiger partial charge in [-0.05, 0) is 17.5 Å². The van der Waals surface area contributed by atoms with Crippen LogP contribution < -0.4 is 0 Å². The molecule has 0 bridgehead atoms. The highest BCUT2D eigenvalue weighted by molar-refractivity contribution is 7.13. The van der Waals surface area contributed by atoms with Crippen molar-refractivity contribution in [3.05, 3.63) is 45.8 Å². The summed E-state index contributed by atoms with van der Waals surface area (Å²) in [6, 6.07) is 8.19. The molecule has 84 valence electrons. The van der Waals surface area contributed by atoms with Crippen molar-refractivity contribution in [1.29, 1.82) is 0 Å². The van der Waals surface area contributed by atoms with Gasteiger partial charge in [0.15, 0.2) is 5.58 Å². The van der Waals surface area contributed by atoms with E-state index in [4.69, 9.17) is 4.42 Å². The first-order valence-electron chi connectivity index (χ1n) is 4.83. The van der Waals surface area contributed by atoms with Gasteiger partial charge in [0.2, 0.25) is 5.89 Å². The topological polar surface area (TPSA) is 69.2 Å². The van der Waals surface area contributed by atoms with Crippen molar-refractivity contribution in [3.63, 3.8) is 0 Å². The zero-order valence-electron chi connectivity index (χ0n) is 8.49. The average Bonchev–Trinajstić information content (AvgIpc) is 2.96. The van der Waals surface area contributed by atoms with Crippen LogP contribution in [-0.4, -0.2) is 9.91 Å². The van der Waals surface area contributed by atoms with E-state index in [1.54, 1.807) is 6.07 Å². The summed E-state index contributed by atoms with van der Waals surface area (Å²) in [4.78, 5) is 15.4. The minimum Gasteiger partial charge on any atom is -0.435 e. The van der Waals surface area contributed by atoms with Crippen molar-refractivity contribution in [1.82, 2.24) is 4.98 Å².